The minimum Gasteiger partial charge on any atom is -0.265 e. The highest BCUT2D eigenvalue weighted by Gasteiger charge is 1.59. The summed E-state index contributed by atoms with van der Waals surface area (Å²) in [6.45, 7) is 4.00. The van der Waals surface area contributed by atoms with Crippen LogP contribution in [0.5, 0.6) is 0 Å². The molecule has 0 saturated carbocycles. The highest BCUT2D eigenvalue weighted by Crippen LogP contribution is 1.74. The third-order valence-corrected chi connectivity index (χ3v) is 1.13. The molecule has 2 heterocycles. The Morgan fingerprint density at radius 2 is 0.750 bits per heavy atom. The van der Waals surface area contributed by atoms with E-state index in [1.165, 1.54) is 0 Å². The Morgan fingerprint density at radius 1 is 0.500 bits per heavy atom. The molecule has 90 valence electrons. The number of hydrogen-bond donors (Lipinski definition) is 0. The van der Waals surface area contributed by atoms with Gasteiger partial charge in [-0.15, -0.1) is 34.0 Å². The quantitative estimate of drug-likeness (QED) is 0.706. The molecule has 0 amide bonds. The maximum absolute atomic E-state index is 3.78. The minimum atomic E-state index is 0. The number of nitrogens with zero attached hydrogens (tertiary/aromatic N) is 2. The molecule has 0 aliphatic carbocycles. The Hall–Kier alpha value is -0.740. The molecule has 2 nitrogen and oxygen atoms in total. The van der Waals surface area contributed by atoms with Crippen LogP contribution in [0.25, 0.3) is 0 Å². The summed E-state index contributed by atoms with van der Waals surface area (Å²) in [5.74, 6) is 0. The van der Waals surface area contributed by atoms with E-state index in [9.17, 15) is 0 Å². The standard InChI is InChI=1S/2C5H5N.C2H6.2BrH/c2*1-2-4-6-5-3-1;1-2;;/h2*1-5H;1-2H3;2*1H. The molecule has 0 aliphatic heterocycles. The van der Waals surface area contributed by atoms with Gasteiger partial charge in [-0.25, -0.2) is 0 Å². The lowest BCUT2D eigenvalue weighted by molar-refractivity contribution is 1.33. The fourth-order valence-electron chi connectivity index (χ4n) is 0.625. The van der Waals surface area contributed by atoms with E-state index >= 15 is 0 Å². The first-order valence-corrected chi connectivity index (χ1v) is 4.70. The molecule has 0 fully saturated rings. The van der Waals surface area contributed by atoms with Gasteiger partial charge in [0.05, 0.1) is 0 Å². The van der Waals surface area contributed by atoms with Crippen LogP contribution in [0.4, 0.5) is 0 Å². The van der Waals surface area contributed by atoms with Crippen LogP contribution in [-0.2, 0) is 0 Å². The van der Waals surface area contributed by atoms with Gasteiger partial charge in [-0.2, -0.15) is 0 Å². The second kappa shape index (κ2) is 19.8. The van der Waals surface area contributed by atoms with Crippen molar-refractivity contribution in [2.24, 2.45) is 0 Å². The number of rotatable bonds is 0. The minimum absolute atomic E-state index is 0. The van der Waals surface area contributed by atoms with E-state index in [4.69, 9.17) is 0 Å². The van der Waals surface area contributed by atoms with Crippen LogP contribution < -0.4 is 0 Å². The van der Waals surface area contributed by atoms with E-state index in [-0.39, 0.29) is 34.0 Å². The monoisotopic (exact) mass is 348 g/mol. The average molecular weight is 350 g/mol. The molecule has 0 N–H and O–H groups in total. The van der Waals surface area contributed by atoms with Crippen LogP contribution in [0.3, 0.4) is 0 Å². The van der Waals surface area contributed by atoms with Gasteiger partial charge in [0, 0.05) is 24.8 Å². The zero-order valence-electron chi connectivity index (χ0n) is 9.48. The summed E-state index contributed by atoms with van der Waals surface area (Å²) >= 11 is 0. The maximum atomic E-state index is 3.78. The third kappa shape index (κ3) is 15.7. The number of aromatic nitrogens is 2. The van der Waals surface area contributed by atoms with Gasteiger partial charge in [-0.05, 0) is 24.3 Å². The van der Waals surface area contributed by atoms with Gasteiger partial charge in [-0.1, -0.05) is 26.0 Å². The number of hydrogen-bond acceptors (Lipinski definition) is 2. The summed E-state index contributed by atoms with van der Waals surface area (Å²) in [5.41, 5.74) is 0. The molecular formula is C12H18Br2N2. The van der Waals surface area contributed by atoms with Crippen LogP contribution in [0.1, 0.15) is 13.8 Å². The van der Waals surface area contributed by atoms with Crippen molar-refractivity contribution in [3.05, 3.63) is 61.2 Å². The molecule has 0 aromatic carbocycles. The predicted octanol–water partition coefficient (Wildman–Crippen LogP) is 4.35. The zero-order chi connectivity index (χ0) is 10.5. The summed E-state index contributed by atoms with van der Waals surface area (Å²) in [6, 6.07) is 11.4. The van der Waals surface area contributed by atoms with Crippen LogP contribution >= 0.6 is 34.0 Å². The molecule has 0 unspecified atom stereocenters. The molecule has 4 heteroatoms. The molecule has 0 radical (unpaired) electrons. The molecule has 0 saturated heterocycles. The second-order valence-electron chi connectivity index (χ2n) is 2.05. The Morgan fingerprint density at radius 3 is 0.812 bits per heavy atom. The topological polar surface area (TPSA) is 25.8 Å². The fourth-order valence-corrected chi connectivity index (χ4v) is 0.625. The summed E-state index contributed by atoms with van der Waals surface area (Å²) in [6.07, 6.45) is 7.00. The third-order valence-electron chi connectivity index (χ3n) is 1.13. The molecule has 2 aromatic heterocycles. The van der Waals surface area contributed by atoms with E-state index in [0.717, 1.165) is 0 Å². The zero-order valence-corrected chi connectivity index (χ0v) is 12.9. The van der Waals surface area contributed by atoms with E-state index in [1.54, 1.807) is 24.8 Å². The van der Waals surface area contributed by atoms with E-state index < -0.39 is 0 Å². The van der Waals surface area contributed by atoms with Crippen molar-refractivity contribution >= 4 is 34.0 Å². The van der Waals surface area contributed by atoms with Gasteiger partial charge in [-0.3, -0.25) is 9.97 Å². The van der Waals surface area contributed by atoms with Crippen LogP contribution in [0.15, 0.2) is 61.2 Å². The summed E-state index contributed by atoms with van der Waals surface area (Å²) in [5, 5.41) is 0. The molecule has 0 spiro atoms. The SMILES string of the molecule is Br.Br.CC.c1ccncc1.c1ccncc1. The summed E-state index contributed by atoms with van der Waals surface area (Å²) in [7, 11) is 0. The van der Waals surface area contributed by atoms with E-state index in [1.807, 2.05) is 50.2 Å². The summed E-state index contributed by atoms with van der Waals surface area (Å²) < 4.78 is 0. The molecule has 2 rings (SSSR count). The van der Waals surface area contributed by atoms with Crippen molar-refractivity contribution in [2.75, 3.05) is 0 Å². The van der Waals surface area contributed by atoms with Crippen LogP contribution in [-0.4, -0.2) is 9.97 Å². The van der Waals surface area contributed by atoms with Gasteiger partial charge in [0.2, 0.25) is 0 Å². The van der Waals surface area contributed by atoms with Crippen molar-refractivity contribution in [3.63, 3.8) is 0 Å². The Bertz CT molecular complexity index is 192. The fraction of sp³-hybridized carbons (Fsp3) is 0.167. The molecule has 2 aromatic rings. The van der Waals surface area contributed by atoms with Crippen molar-refractivity contribution in [2.45, 2.75) is 13.8 Å². The predicted molar refractivity (Wildman–Crippen MR) is 80.5 cm³/mol. The molecule has 0 aliphatic rings. The van der Waals surface area contributed by atoms with E-state index in [0.29, 0.717) is 0 Å². The van der Waals surface area contributed by atoms with Gasteiger partial charge in [0.25, 0.3) is 0 Å². The molecule has 16 heavy (non-hydrogen) atoms. The number of pyridine rings is 2. The lowest BCUT2D eigenvalue weighted by Gasteiger charge is -1.70. The first-order valence-electron chi connectivity index (χ1n) is 4.70. The highest BCUT2D eigenvalue weighted by molar-refractivity contribution is 8.93. The highest BCUT2D eigenvalue weighted by atomic mass is 79.9. The van der Waals surface area contributed by atoms with Gasteiger partial charge in [0.1, 0.15) is 0 Å². The van der Waals surface area contributed by atoms with Crippen LogP contribution in [0, 0.1) is 0 Å². The lowest BCUT2D eigenvalue weighted by atomic mass is 10.5. The van der Waals surface area contributed by atoms with Crippen molar-refractivity contribution in [3.8, 4) is 0 Å². The van der Waals surface area contributed by atoms with E-state index in [2.05, 4.69) is 9.97 Å². The van der Waals surface area contributed by atoms with Gasteiger partial charge >= 0.3 is 0 Å². The molecule has 0 atom stereocenters. The lowest BCUT2D eigenvalue weighted by Crippen LogP contribution is -1.58. The van der Waals surface area contributed by atoms with Gasteiger partial charge in [0.15, 0.2) is 0 Å². The first kappa shape index (κ1) is 20.6. The smallest absolute Gasteiger partial charge is 0.0267 e. The maximum Gasteiger partial charge on any atom is 0.0267 e. The van der Waals surface area contributed by atoms with Gasteiger partial charge < -0.3 is 0 Å². The van der Waals surface area contributed by atoms with Crippen molar-refractivity contribution in [1.82, 2.24) is 9.97 Å². The van der Waals surface area contributed by atoms with Crippen molar-refractivity contribution < 1.29 is 0 Å². The summed E-state index contributed by atoms with van der Waals surface area (Å²) in [4.78, 5) is 7.57. The Labute approximate surface area is 119 Å². The normalized spacial score (nSPS) is 6.38. The number of halogens is 2. The van der Waals surface area contributed by atoms with Crippen molar-refractivity contribution in [1.29, 1.82) is 0 Å². The average Bonchev–Trinajstić information content (AvgIpc) is 2.37. The Kier molecular flexibility index (Phi) is 25.5. The molecule has 0 bridgehead atoms. The van der Waals surface area contributed by atoms with Crippen LogP contribution in [0.2, 0.25) is 0 Å². The Balaban J connectivity index is -0.000000165. The largest absolute Gasteiger partial charge is 0.265 e. The first-order chi connectivity index (χ1) is 7.00. The second-order valence-corrected chi connectivity index (χ2v) is 2.05. The molecular weight excluding hydrogens is 332 g/mol.